The van der Waals surface area contributed by atoms with Gasteiger partial charge in [0.1, 0.15) is 6.23 Å². The molecule has 7 nitrogen and oxygen atoms in total. The summed E-state index contributed by atoms with van der Waals surface area (Å²) in [5, 5.41) is 19.0. The van der Waals surface area contributed by atoms with Crippen LogP contribution in [0.5, 0.6) is 0 Å². The van der Waals surface area contributed by atoms with Gasteiger partial charge in [-0.2, -0.15) is 0 Å². The fourth-order valence-electron chi connectivity index (χ4n) is 4.53. The number of benzene rings is 1. The van der Waals surface area contributed by atoms with Crippen LogP contribution in [0.3, 0.4) is 0 Å². The Hall–Kier alpha value is -2.39. The summed E-state index contributed by atoms with van der Waals surface area (Å²) in [4.78, 5) is 15.2. The molecule has 8 heteroatoms. The molecule has 5 N–H and O–H groups in total. The number of amides is 1. The number of nitrogen functional groups attached to an aromatic ring is 1. The smallest absolute Gasteiger partial charge is 0.242 e. The Kier molecular flexibility index (Phi) is 5.02. The molecule has 0 radical (unpaired) electrons. The van der Waals surface area contributed by atoms with Crippen molar-refractivity contribution >= 4 is 38.8 Å². The monoisotopic (exact) mass is 425 g/mol. The molecule has 5 rings (SSSR count). The third kappa shape index (κ3) is 3.50. The summed E-state index contributed by atoms with van der Waals surface area (Å²) in [7, 11) is 2.05. The summed E-state index contributed by atoms with van der Waals surface area (Å²) in [6, 6.07) is 9.70. The first-order chi connectivity index (χ1) is 14.5. The zero-order valence-electron chi connectivity index (χ0n) is 17.0. The maximum Gasteiger partial charge on any atom is 0.242 e. The predicted molar refractivity (Wildman–Crippen MR) is 121 cm³/mol. The summed E-state index contributed by atoms with van der Waals surface area (Å²) in [6.45, 7) is 2.48. The molecule has 4 heterocycles. The normalized spacial score (nSPS) is 21.1. The number of nitrogens with one attached hydrogen (secondary N) is 2. The van der Waals surface area contributed by atoms with Crippen LogP contribution in [-0.4, -0.2) is 46.2 Å². The molecular formula is C22H27N5O2S. The van der Waals surface area contributed by atoms with E-state index in [2.05, 4.69) is 39.4 Å². The van der Waals surface area contributed by atoms with Gasteiger partial charge in [0.25, 0.3) is 0 Å². The number of likely N-dealkylation sites (tertiary alicyclic amines) is 1. The van der Waals surface area contributed by atoms with Crippen LogP contribution in [0.15, 0.2) is 36.5 Å². The number of thiophene rings is 1. The van der Waals surface area contributed by atoms with Gasteiger partial charge in [-0.05, 0) is 55.3 Å². The van der Waals surface area contributed by atoms with Crippen LogP contribution in [0, 0.1) is 0 Å². The van der Waals surface area contributed by atoms with Gasteiger partial charge in [0.15, 0.2) is 0 Å². The van der Waals surface area contributed by atoms with E-state index in [1.54, 1.807) is 0 Å². The van der Waals surface area contributed by atoms with Gasteiger partial charge in [0.05, 0.1) is 15.9 Å². The lowest BCUT2D eigenvalue weighted by Gasteiger charge is -2.42. The second-order valence-electron chi connectivity index (χ2n) is 8.34. The van der Waals surface area contributed by atoms with Gasteiger partial charge in [-0.1, -0.05) is 0 Å². The van der Waals surface area contributed by atoms with Crippen LogP contribution in [0.4, 0.5) is 10.7 Å². The van der Waals surface area contributed by atoms with Crippen LogP contribution in [0.2, 0.25) is 0 Å². The molecule has 158 valence electrons. The third-order valence-electron chi connectivity index (χ3n) is 6.24. The summed E-state index contributed by atoms with van der Waals surface area (Å²) < 4.78 is 2.14. The first kappa shape index (κ1) is 19.6. The summed E-state index contributed by atoms with van der Waals surface area (Å²) in [6.07, 6.45) is 3.43. The molecule has 2 saturated heterocycles. The molecule has 3 aromatic rings. The minimum absolute atomic E-state index is 0.00892. The first-order valence-electron chi connectivity index (χ1n) is 10.4. The standard InChI is InChI=1S/C22H27N5O2S/c1-26-12-16(15-9-14(23)4-5-18(15)26)13-10-27(11-13)22(29)19-6-7-20(30-19)25-21(28)17-3-2-8-24-17/h4-7,9,12-13,17,22,24,29H,2-3,8,10-11,23H2,1H3,(H,25,28)/t17-,22?/m0/s1. The van der Waals surface area contributed by atoms with Crippen molar-refractivity contribution in [2.45, 2.75) is 31.0 Å². The number of nitrogens with two attached hydrogens (primary N) is 1. The molecule has 0 aliphatic carbocycles. The predicted octanol–water partition coefficient (Wildman–Crippen LogP) is 2.60. The van der Waals surface area contributed by atoms with Crippen molar-refractivity contribution < 1.29 is 9.90 Å². The van der Waals surface area contributed by atoms with E-state index in [0.717, 1.165) is 48.0 Å². The number of aryl methyl sites for hydroxylation is 1. The highest BCUT2D eigenvalue weighted by Crippen LogP contribution is 2.39. The number of aliphatic hydroxyl groups is 1. The number of anilines is 2. The molecule has 2 aliphatic heterocycles. The lowest BCUT2D eigenvalue weighted by molar-refractivity contribution is -0.117. The van der Waals surface area contributed by atoms with E-state index in [9.17, 15) is 9.90 Å². The highest BCUT2D eigenvalue weighted by molar-refractivity contribution is 7.16. The molecule has 1 unspecified atom stereocenters. The Morgan fingerprint density at radius 2 is 2.17 bits per heavy atom. The Morgan fingerprint density at radius 1 is 1.33 bits per heavy atom. The molecule has 0 saturated carbocycles. The summed E-state index contributed by atoms with van der Waals surface area (Å²) >= 11 is 1.44. The van der Waals surface area contributed by atoms with Crippen LogP contribution >= 0.6 is 11.3 Å². The number of carbonyl (C=O) groups is 1. The molecule has 2 fully saturated rings. The quantitative estimate of drug-likeness (QED) is 0.472. The number of carbonyl (C=O) groups excluding carboxylic acids is 1. The van der Waals surface area contributed by atoms with Gasteiger partial charge >= 0.3 is 0 Å². The van der Waals surface area contributed by atoms with E-state index < -0.39 is 6.23 Å². The van der Waals surface area contributed by atoms with Crippen molar-refractivity contribution in [3.63, 3.8) is 0 Å². The van der Waals surface area contributed by atoms with Crippen molar-refractivity contribution in [1.82, 2.24) is 14.8 Å². The molecule has 1 amide bonds. The van der Waals surface area contributed by atoms with Crippen LogP contribution in [-0.2, 0) is 11.8 Å². The summed E-state index contributed by atoms with van der Waals surface area (Å²) in [5.74, 6) is 0.382. The van der Waals surface area contributed by atoms with E-state index in [-0.39, 0.29) is 11.9 Å². The number of rotatable bonds is 5. The Morgan fingerprint density at radius 3 is 2.93 bits per heavy atom. The maximum absolute atomic E-state index is 12.3. The Bertz CT molecular complexity index is 1080. The van der Waals surface area contributed by atoms with Crippen LogP contribution in [0.1, 0.15) is 35.4 Å². The van der Waals surface area contributed by atoms with E-state index in [4.69, 9.17) is 5.73 Å². The lowest BCUT2D eigenvalue weighted by atomic mass is 9.90. The number of aliphatic hydroxyl groups excluding tert-OH is 1. The molecule has 0 bridgehead atoms. The van der Waals surface area contributed by atoms with Crippen molar-refractivity contribution in [3.05, 3.63) is 47.0 Å². The summed E-state index contributed by atoms with van der Waals surface area (Å²) in [5.41, 5.74) is 9.23. The van der Waals surface area contributed by atoms with Gasteiger partial charge < -0.3 is 26.0 Å². The maximum atomic E-state index is 12.3. The van der Waals surface area contributed by atoms with Gasteiger partial charge in [-0.3, -0.25) is 9.69 Å². The van der Waals surface area contributed by atoms with E-state index in [0.29, 0.717) is 5.92 Å². The van der Waals surface area contributed by atoms with Crippen molar-refractivity contribution in [3.8, 4) is 0 Å². The lowest BCUT2D eigenvalue weighted by Crippen LogP contribution is -2.46. The van der Waals surface area contributed by atoms with E-state index >= 15 is 0 Å². The molecule has 30 heavy (non-hydrogen) atoms. The minimum atomic E-state index is -0.651. The van der Waals surface area contributed by atoms with Gasteiger partial charge in [0, 0.05) is 48.8 Å². The average Bonchev–Trinajstić information content (AvgIpc) is 3.42. The average molecular weight is 426 g/mol. The molecule has 2 aromatic heterocycles. The fraction of sp³-hybridized carbons (Fsp3) is 0.409. The second-order valence-corrected chi connectivity index (χ2v) is 9.45. The second kappa shape index (κ2) is 7.70. The van der Waals surface area contributed by atoms with Crippen molar-refractivity contribution in [2.75, 3.05) is 30.7 Å². The van der Waals surface area contributed by atoms with Gasteiger partial charge in [0.2, 0.25) is 5.91 Å². The molecule has 2 aliphatic rings. The number of hydrogen-bond acceptors (Lipinski definition) is 6. The largest absolute Gasteiger partial charge is 0.399 e. The molecule has 1 aromatic carbocycles. The van der Waals surface area contributed by atoms with Crippen molar-refractivity contribution in [2.24, 2.45) is 7.05 Å². The van der Waals surface area contributed by atoms with Gasteiger partial charge in [-0.25, -0.2) is 0 Å². The van der Waals surface area contributed by atoms with E-state index in [1.165, 1.54) is 27.8 Å². The van der Waals surface area contributed by atoms with Gasteiger partial charge in [-0.15, -0.1) is 11.3 Å². The van der Waals surface area contributed by atoms with Crippen molar-refractivity contribution in [1.29, 1.82) is 0 Å². The minimum Gasteiger partial charge on any atom is -0.399 e. The Balaban J connectivity index is 1.23. The first-order valence-corrected chi connectivity index (χ1v) is 11.2. The zero-order valence-corrected chi connectivity index (χ0v) is 17.8. The molecule has 0 spiro atoms. The highest BCUT2D eigenvalue weighted by Gasteiger charge is 2.35. The molecule has 2 atom stereocenters. The fourth-order valence-corrected chi connectivity index (χ4v) is 5.46. The molecular weight excluding hydrogens is 398 g/mol. The van der Waals surface area contributed by atoms with Crippen LogP contribution < -0.4 is 16.4 Å². The topological polar surface area (TPSA) is 95.5 Å². The number of nitrogens with zero attached hydrogens (tertiary/aromatic N) is 2. The third-order valence-corrected chi connectivity index (χ3v) is 7.28. The SMILES string of the molecule is Cn1cc(C2CN(C(O)c3ccc(NC(=O)[C@@H]4CCCN4)s3)C2)c2cc(N)ccc21. The Labute approximate surface area is 179 Å². The number of aromatic nitrogens is 1. The highest BCUT2D eigenvalue weighted by atomic mass is 32.1. The zero-order chi connectivity index (χ0) is 20.8. The number of fused-ring (bicyclic) bond motifs is 1. The van der Waals surface area contributed by atoms with E-state index in [1.807, 2.05) is 24.3 Å². The van der Waals surface area contributed by atoms with Crippen LogP contribution in [0.25, 0.3) is 10.9 Å². The number of hydrogen-bond donors (Lipinski definition) is 4.